The second-order valence-electron chi connectivity index (χ2n) is 7.69. The van der Waals surface area contributed by atoms with E-state index in [-0.39, 0.29) is 24.9 Å². The summed E-state index contributed by atoms with van der Waals surface area (Å²) >= 11 is 0. The van der Waals surface area contributed by atoms with E-state index in [4.69, 9.17) is 4.74 Å². The first-order valence-corrected chi connectivity index (χ1v) is 10.2. The van der Waals surface area contributed by atoms with Crippen LogP contribution in [0.4, 0.5) is 4.79 Å². The lowest BCUT2D eigenvalue weighted by atomic mass is 10.0. The van der Waals surface area contributed by atoms with Crippen LogP contribution < -0.4 is 20.7 Å². The van der Waals surface area contributed by atoms with E-state index in [2.05, 4.69) is 16.0 Å². The number of ether oxygens (including phenoxy) is 1. The third-order valence-corrected chi connectivity index (χ3v) is 4.56. The number of phenolic OH excluding ortho intramolecular Hbond substituents is 1. The molecule has 0 heterocycles. The normalized spacial score (nSPS) is 11.5. The first-order valence-electron chi connectivity index (χ1n) is 10.2. The summed E-state index contributed by atoms with van der Waals surface area (Å²) in [5.41, 5.74) is 2.43. The molecule has 32 heavy (non-hydrogen) atoms. The lowest BCUT2D eigenvalue weighted by Crippen LogP contribution is -2.50. The number of rotatable bonds is 9. The van der Waals surface area contributed by atoms with Gasteiger partial charge in [-0.05, 0) is 68.7 Å². The fourth-order valence-electron chi connectivity index (χ4n) is 3.11. The minimum Gasteiger partial charge on any atom is -0.508 e. The van der Waals surface area contributed by atoms with Crippen molar-refractivity contribution in [1.29, 1.82) is 0 Å². The van der Waals surface area contributed by atoms with Crippen LogP contribution in [-0.2, 0) is 11.3 Å². The molecule has 0 aliphatic carbocycles. The summed E-state index contributed by atoms with van der Waals surface area (Å²) in [6, 6.07) is 7.86. The van der Waals surface area contributed by atoms with E-state index in [1.54, 1.807) is 38.1 Å². The van der Waals surface area contributed by atoms with Gasteiger partial charge in [0.15, 0.2) is 0 Å². The average Bonchev–Trinajstić information content (AvgIpc) is 2.69. The van der Waals surface area contributed by atoms with E-state index in [0.29, 0.717) is 22.4 Å². The maximum atomic E-state index is 12.8. The summed E-state index contributed by atoms with van der Waals surface area (Å²) < 4.78 is 5.66. The van der Waals surface area contributed by atoms with Crippen LogP contribution in [0.5, 0.6) is 11.5 Å². The van der Waals surface area contributed by atoms with Crippen LogP contribution in [-0.4, -0.2) is 46.8 Å². The molecule has 2 aromatic carbocycles. The summed E-state index contributed by atoms with van der Waals surface area (Å²) in [5.74, 6) is -1.07. The number of carbonyl (C=O) groups excluding carboxylic acids is 2. The molecule has 2 aromatic rings. The van der Waals surface area contributed by atoms with Crippen LogP contribution >= 0.6 is 0 Å². The van der Waals surface area contributed by atoms with E-state index >= 15 is 0 Å². The number of benzene rings is 2. The summed E-state index contributed by atoms with van der Waals surface area (Å²) in [4.78, 5) is 36.4. The second-order valence-corrected chi connectivity index (χ2v) is 7.69. The summed E-state index contributed by atoms with van der Waals surface area (Å²) in [6.45, 7) is 7.20. The van der Waals surface area contributed by atoms with Gasteiger partial charge < -0.3 is 30.9 Å². The molecule has 172 valence electrons. The van der Waals surface area contributed by atoms with Crippen LogP contribution in [0.15, 0.2) is 36.4 Å². The molecule has 0 saturated carbocycles. The number of aryl methyl sites for hydroxylation is 2. The molecule has 0 spiro atoms. The van der Waals surface area contributed by atoms with Crippen molar-refractivity contribution < 1.29 is 29.3 Å². The Labute approximate surface area is 186 Å². The van der Waals surface area contributed by atoms with Gasteiger partial charge in [-0.3, -0.25) is 4.79 Å². The van der Waals surface area contributed by atoms with E-state index in [0.717, 1.165) is 5.56 Å². The highest BCUT2D eigenvalue weighted by molar-refractivity contribution is 5.99. The van der Waals surface area contributed by atoms with Crippen LogP contribution in [0, 0.1) is 13.8 Å². The fraction of sp³-hybridized carbons (Fsp3) is 0.348. The Morgan fingerprint density at radius 2 is 1.59 bits per heavy atom. The number of hydrogen-bond donors (Lipinski definition) is 5. The molecule has 9 heteroatoms. The molecule has 1 atom stereocenters. The highest BCUT2D eigenvalue weighted by Crippen LogP contribution is 2.23. The zero-order valence-corrected chi connectivity index (χ0v) is 18.6. The predicted molar refractivity (Wildman–Crippen MR) is 119 cm³/mol. The average molecular weight is 444 g/mol. The monoisotopic (exact) mass is 443 g/mol. The largest absolute Gasteiger partial charge is 0.508 e. The first-order chi connectivity index (χ1) is 15.1. The van der Waals surface area contributed by atoms with Crippen molar-refractivity contribution in [2.75, 3.05) is 6.54 Å². The Kier molecular flexibility index (Phi) is 8.46. The molecule has 0 aliphatic heterocycles. The molecule has 0 fully saturated rings. The smallest absolute Gasteiger partial charge is 0.328 e. The molecule has 2 rings (SSSR count). The maximum absolute atomic E-state index is 12.8. The number of carboxylic acids is 1. The number of amides is 3. The Hall–Kier alpha value is -3.75. The minimum atomic E-state index is -1.31. The third kappa shape index (κ3) is 7.19. The van der Waals surface area contributed by atoms with Gasteiger partial charge >= 0.3 is 12.0 Å². The third-order valence-electron chi connectivity index (χ3n) is 4.56. The standard InChI is InChI=1S/C23H29N3O6/c1-13(2)32-18-9-14(3)20(15(4)10-18)21(28)26-19(22(29)30)12-25-23(31)24-11-16-5-7-17(27)8-6-16/h5-10,13,19,27H,11-12H2,1-4H3,(H,26,28)(H,29,30)(H2,24,25,31)/t19-/m0/s1. The van der Waals surface area contributed by atoms with Gasteiger partial charge in [0.25, 0.3) is 5.91 Å². The van der Waals surface area contributed by atoms with Crippen molar-refractivity contribution in [3.63, 3.8) is 0 Å². The molecule has 0 aromatic heterocycles. The lowest BCUT2D eigenvalue weighted by molar-refractivity contribution is -0.139. The van der Waals surface area contributed by atoms with Crippen molar-refractivity contribution in [3.05, 3.63) is 58.7 Å². The number of aromatic hydroxyl groups is 1. The molecule has 9 nitrogen and oxygen atoms in total. The van der Waals surface area contributed by atoms with Gasteiger partial charge in [-0.15, -0.1) is 0 Å². The van der Waals surface area contributed by atoms with Crippen LogP contribution in [0.25, 0.3) is 0 Å². The van der Waals surface area contributed by atoms with E-state index in [9.17, 15) is 24.6 Å². The predicted octanol–water partition coefficient (Wildman–Crippen LogP) is 2.48. The quantitative estimate of drug-likeness (QED) is 0.404. The van der Waals surface area contributed by atoms with E-state index < -0.39 is 23.9 Å². The van der Waals surface area contributed by atoms with E-state index in [1.807, 2.05) is 13.8 Å². The topological polar surface area (TPSA) is 137 Å². The minimum absolute atomic E-state index is 0.0175. The zero-order chi connectivity index (χ0) is 23.8. The van der Waals surface area contributed by atoms with Crippen molar-refractivity contribution in [2.45, 2.75) is 46.4 Å². The molecule has 0 bridgehead atoms. The molecule has 5 N–H and O–H groups in total. The van der Waals surface area contributed by atoms with Gasteiger partial charge in [-0.1, -0.05) is 12.1 Å². The number of aliphatic carboxylic acids is 1. The Balaban J connectivity index is 1.96. The highest BCUT2D eigenvalue weighted by Gasteiger charge is 2.23. The summed E-state index contributed by atoms with van der Waals surface area (Å²) in [7, 11) is 0. The zero-order valence-electron chi connectivity index (χ0n) is 18.6. The Morgan fingerprint density at radius 3 is 2.12 bits per heavy atom. The fourth-order valence-corrected chi connectivity index (χ4v) is 3.11. The molecule has 3 amide bonds. The Bertz CT molecular complexity index is 949. The van der Waals surface area contributed by atoms with E-state index in [1.165, 1.54) is 12.1 Å². The number of phenols is 1. The number of carbonyl (C=O) groups is 3. The number of urea groups is 1. The summed E-state index contributed by atoms with van der Waals surface area (Å²) in [6.07, 6.45) is -0.0175. The summed E-state index contributed by atoms with van der Waals surface area (Å²) in [5, 5.41) is 26.2. The second kappa shape index (κ2) is 11.0. The van der Waals surface area contributed by atoms with Crippen molar-refractivity contribution in [3.8, 4) is 11.5 Å². The molecule has 0 unspecified atom stereocenters. The number of hydrogen-bond acceptors (Lipinski definition) is 5. The van der Waals surface area contributed by atoms with Gasteiger partial charge in [-0.25, -0.2) is 9.59 Å². The maximum Gasteiger partial charge on any atom is 0.328 e. The lowest BCUT2D eigenvalue weighted by Gasteiger charge is -2.19. The van der Waals surface area contributed by atoms with Crippen LogP contribution in [0.2, 0.25) is 0 Å². The Morgan fingerprint density at radius 1 is 1.00 bits per heavy atom. The van der Waals surface area contributed by atoms with Crippen LogP contribution in [0.1, 0.15) is 40.9 Å². The van der Waals surface area contributed by atoms with Gasteiger partial charge in [0.1, 0.15) is 17.5 Å². The number of nitrogens with one attached hydrogen (secondary N) is 3. The van der Waals surface area contributed by atoms with Crippen LogP contribution in [0.3, 0.4) is 0 Å². The van der Waals surface area contributed by atoms with Gasteiger partial charge in [0.05, 0.1) is 12.6 Å². The van der Waals surface area contributed by atoms with Gasteiger partial charge in [0.2, 0.25) is 0 Å². The highest BCUT2D eigenvalue weighted by atomic mass is 16.5. The molecular weight excluding hydrogens is 414 g/mol. The van der Waals surface area contributed by atoms with Crippen molar-refractivity contribution in [1.82, 2.24) is 16.0 Å². The number of carboxylic acid groups (broad SMARTS) is 1. The van der Waals surface area contributed by atoms with Gasteiger partial charge in [-0.2, -0.15) is 0 Å². The molecule has 0 aliphatic rings. The van der Waals surface area contributed by atoms with Crippen molar-refractivity contribution >= 4 is 17.9 Å². The molecule has 0 saturated heterocycles. The van der Waals surface area contributed by atoms with Gasteiger partial charge in [0, 0.05) is 12.1 Å². The molecule has 0 radical (unpaired) electrons. The first kappa shape index (κ1) is 24.5. The molecular formula is C23H29N3O6. The van der Waals surface area contributed by atoms with Crippen molar-refractivity contribution in [2.24, 2.45) is 0 Å². The SMILES string of the molecule is Cc1cc(OC(C)C)cc(C)c1C(=O)N[C@@H](CNC(=O)NCc1ccc(O)cc1)C(=O)O.